The summed E-state index contributed by atoms with van der Waals surface area (Å²) in [5, 5.41) is 17.0. The standard InChI is InChI=1S/C47H46ClN5O6S/c1-25-33-20-27(48)10-15-38(33)60-42(25)36-23-39(50(3)49-36)53-44(56)35-22-34-30(41(47(35,2)46(53)58)31-12-11-29(54)21-37(31)59-4)13-14-32-40(34)45(57)52(43(32)55)28-16-18-51(19-17-28)24-26-8-6-5-7-9-26/h5-13,15,20-21,23,28,32,34-35,40-41,54H,14,16-19,22,24H2,1-4H3. The Morgan fingerprint density at radius 3 is 2.47 bits per heavy atom. The number of methoxy groups -OCH3 is 1. The van der Waals surface area contributed by atoms with Gasteiger partial charge in [0.2, 0.25) is 23.6 Å². The van der Waals surface area contributed by atoms with Crippen molar-refractivity contribution >= 4 is 62.5 Å². The van der Waals surface area contributed by atoms with Gasteiger partial charge in [0.1, 0.15) is 23.0 Å². The first-order valence-corrected chi connectivity index (χ1v) is 21.9. The van der Waals surface area contributed by atoms with Gasteiger partial charge in [-0.3, -0.25) is 33.7 Å². The van der Waals surface area contributed by atoms with E-state index in [0.717, 1.165) is 45.7 Å². The fourth-order valence-electron chi connectivity index (χ4n) is 11.3. The van der Waals surface area contributed by atoms with Crippen LogP contribution in [-0.2, 0) is 32.8 Å². The molecule has 5 heterocycles. The van der Waals surface area contributed by atoms with Crippen molar-refractivity contribution in [2.24, 2.45) is 36.1 Å². The van der Waals surface area contributed by atoms with Gasteiger partial charge in [-0.05, 0) is 86.2 Å². The van der Waals surface area contributed by atoms with Gasteiger partial charge in [0.15, 0.2) is 0 Å². The van der Waals surface area contributed by atoms with E-state index in [4.69, 9.17) is 21.4 Å². The molecule has 6 atom stereocenters. The summed E-state index contributed by atoms with van der Waals surface area (Å²) in [4.78, 5) is 65.7. The van der Waals surface area contributed by atoms with E-state index in [1.807, 2.05) is 50.2 Å². The van der Waals surface area contributed by atoms with E-state index in [1.54, 1.807) is 46.2 Å². The minimum atomic E-state index is -1.29. The highest BCUT2D eigenvalue weighted by Crippen LogP contribution is 2.65. The second-order valence-electron chi connectivity index (χ2n) is 17.3. The summed E-state index contributed by atoms with van der Waals surface area (Å²) < 4.78 is 8.50. The van der Waals surface area contributed by atoms with Crippen molar-refractivity contribution in [1.82, 2.24) is 19.6 Å². The molecule has 3 aromatic carbocycles. The first-order chi connectivity index (χ1) is 28.9. The van der Waals surface area contributed by atoms with Crippen LogP contribution in [0.5, 0.6) is 11.5 Å². The number of likely N-dealkylation sites (tertiary alicyclic amines) is 2. The Labute approximate surface area is 357 Å². The molecular formula is C47H46ClN5O6S. The third-order valence-electron chi connectivity index (χ3n) is 14.2. The SMILES string of the molecule is COc1cc(O)ccc1C1C2=CCC3C(=O)N(C4CCN(Cc5ccccc5)CC4)C(=O)C3C2CC2C(=O)N(c3cc(-c4sc5ccc(Cl)cc5c4C)nn3C)C(=O)C21C. The fourth-order valence-corrected chi connectivity index (χ4v) is 12.6. The number of ether oxygens (including phenoxy) is 1. The van der Waals surface area contributed by atoms with Crippen LogP contribution >= 0.6 is 22.9 Å². The number of imide groups is 2. The number of amides is 4. The number of piperidine rings is 1. The molecule has 5 aromatic rings. The number of fused-ring (bicyclic) bond motifs is 5. The number of anilines is 1. The van der Waals surface area contributed by atoms with Crippen molar-refractivity contribution in [3.8, 4) is 22.1 Å². The lowest BCUT2D eigenvalue weighted by Crippen LogP contribution is -2.49. The van der Waals surface area contributed by atoms with Crippen LogP contribution in [0, 0.1) is 36.0 Å². The van der Waals surface area contributed by atoms with Crippen LogP contribution in [0.1, 0.15) is 55.2 Å². The first kappa shape index (κ1) is 38.9. The number of thiophene rings is 1. The van der Waals surface area contributed by atoms with Crippen LogP contribution < -0.4 is 9.64 Å². The lowest BCUT2D eigenvalue weighted by molar-refractivity contribution is -0.144. The maximum atomic E-state index is 15.3. The Balaban J connectivity index is 1.00. The maximum absolute atomic E-state index is 15.3. The molecule has 2 aromatic heterocycles. The van der Waals surface area contributed by atoms with Crippen LogP contribution in [0.2, 0.25) is 5.02 Å². The highest BCUT2D eigenvalue weighted by atomic mass is 35.5. The van der Waals surface area contributed by atoms with Crippen molar-refractivity contribution in [2.45, 2.75) is 58.0 Å². The minimum Gasteiger partial charge on any atom is -0.508 e. The summed E-state index contributed by atoms with van der Waals surface area (Å²) in [5.41, 5.74) is 3.10. The predicted octanol–water partition coefficient (Wildman–Crippen LogP) is 7.87. The van der Waals surface area contributed by atoms with Gasteiger partial charge < -0.3 is 9.84 Å². The summed E-state index contributed by atoms with van der Waals surface area (Å²) in [6.07, 6.45) is 4.06. The Kier molecular flexibility index (Phi) is 9.34. The molecule has 1 N–H and O–H groups in total. The molecule has 1 saturated carbocycles. The summed E-state index contributed by atoms with van der Waals surface area (Å²) in [6, 6.07) is 22.5. The van der Waals surface area contributed by atoms with E-state index < -0.39 is 35.0 Å². The quantitative estimate of drug-likeness (QED) is 0.130. The Morgan fingerprint density at radius 1 is 0.950 bits per heavy atom. The average molecular weight is 844 g/mol. The number of aromatic hydroxyl groups is 1. The second-order valence-corrected chi connectivity index (χ2v) is 18.8. The number of phenols is 1. The van der Waals surface area contributed by atoms with E-state index in [2.05, 4.69) is 23.1 Å². The third-order valence-corrected chi connectivity index (χ3v) is 15.8. The van der Waals surface area contributed by atoms with Gasteiger partial charge in [-0.1, -0.05) is 59.6 Å². The van der Waals surface area contributed by atoms with Gasteiger partial charge in [0.05, 0.1) is 35.2 Å². The molecule has 6 unspecified atom stereocenters. The zero-order valence-electron chi connectivity index (χ0n) is 33.9. The van der Waals surface area contributed by atoms with Crippen LogP contribution in [-0.4, -0.2) is 74.6 Å². The Bertz CT molecular complexity index is 2650. The summed E-state index contributed by atoms with van der Waals surface area (Å²) in [6.45, 7) is 6.25. The Hall–Kier alpha value is -5.30. The van der Waals surface area contributed by atoms with Gasteiger partial charge in [0.25, 0.3) is 0 Å². The van der Waals surface area contributed by atoms with Crippen LogP contribution in [0.4, 0.5) is 5.82 Å². The van der Waals surface area contributed by atoms with Crippen molar-refractivity contribution in [3.05, 3.63) is 106 Å². The number of aryl methyl sites for hydroxylation is 2. The predicted molar refractivity (Wildman–Crippen MR) is 230 cm³/mol. The molecule has 0 radical (unpaired) electrons. The van der Waals surface area contributed by atoms with E-state index >= 15 is 9.59 Å². The summed E-state index contributed by atoms with van der Waals surface area (Å²) in [7, 11) is 3.25. The van der Waals surface area contributed by atoms with E-state index in [0.29, 0.717) is 47.1 Å². The van der Waals surface area contributed by atoms with Crippen LogP contribution in [0.15, 0.2) is 84.4 Å². The van der Waals surface area contributed by atoms with E-state index in [1.165, 1.54) is 23.6 Å². The van der Waals surface area contributed by atoms with Gasteiger partial charge in [-0.15, -0.1) is 11.3 Å². The number of hydrogen-bond donors (Lipinski definition) is 1. The number of phenolic OH excluding ortho intramolecular Hbond substituents is 1. The molecule has 5 aliphatic rings. The van der Waals surface area contributed by atoms with E-state index in [9.17, 15) is 14.7 Å². The number of hydrogen-bond acceptors (Lipinski definition) is 9. The van der Waals surface area contributed by atoms with Gasteiger partial charge in [-0.2, -0.15) is 5.10 Å². The average Bonchev–Trinajstić information content (AvgIpc) is 3.91. The molecule has 11 nitrogen and oxygen atoms in total. The lowest BCUT2D eigenvalue weighted by Gasteiger charge is -2.49. The molecule has 13 heteroatoms. The first-order valence-electron chi connectivity index (χ1n) is 20.7. The molecule has 2 aliphatic carbocycles. The minimum absolute atomic E-state index is 0.000967. The number of carbonyl (C=O) groups excluding carboxylic acids is 4. The molecule has 0 spiro atoms. The molecule has 4 amide bonds. The number of halogens is 1. The highest BCUT2D eigenvalue weighted by Gasteiger charge is 2.68. The monoisotopic (exact) mass is 843 g/mol. The Morgan fingerprint density at radius 2 is 1.72 bits per heavy atom. The summed E-state index contributed by atoms with van der Waals surface area (Å²) in [5.74, 6) is -3.46. The molecular weight excluding hydrogens is 798 g/mol. The van der Waals surface area contributed by atoms with Crippen LogP contribution in [0.3, 0.4) is 0 Å². The van der Waals surface area contributed by atoms with Crippen molar-refractivity contribution in [3.63, 3.8) is 0 Å². The van der Waals surface area contributed by atoms with Crippen LogP contribution in [0.25, 0.3) is 20.7 Å². The largest absolute Gasteiger partial charge is 0.508 e. The molecule has 3 saturated heterocycles. The molecule has 10 rings (SSSR count). The number of aromatic nitrogens is 2. The molecule has 0 bridgehead atoms. The van der Waals surface area contributed by atoms with Crippen molar-refractivity contribution in [2.75, 3.05) is 25.1 Å². The van der Waals surface area contributed by atoms with Crippen molar-refractivity contribution in [1.29, 1.82) is 0 Å². The molecule has 60 heavy (non-hydrogen) atoms. The number of carbonyl (C=O) groups is 4. The molecule has 4 fully saturated rings. The summed E-state index contributed by atoms with van der Waals surface area (Å²) >= 11 is 7.93. The maximum Gasteiger partial charge on any atom is 0.242 e. The lowest BCUT2D eigenvalue weighted by atomic mass is 9.51. The molecule has 308 valence electrons. The fraction of sp³-hybridized carbons (Fsp3) is 0.383. The number of benzene rings is 3. The zero-order chi connectivity index (χ0) is 41.8. The number of allylic oxidation sites excluding steroid dienone is 2. The third kappa shape index (κ3) is 5.81. The van der Waals surface area contributed by atoms with Gasteiger partial charge in [-0.25, -0.2) is 4.90 Å². The van der Waals surface area contributed by atoms with Gasteiger partial charge in [0, 0.05) is 66.1 Å². The topological polar surface area (TPSA) is 125 Å². The number of nitrogens with zero attached hydrogens (tertiary/aromatic N) is 5. The second kappa shape index (κ2) is 14.4. The van der Waals surface area contributed by atoms with Gasteiger partial charge >= 0.3 is 0 Å². The molecule has 3 aliphatic heterocycles. The normalized spacial score (nSPS) is 27.1. The zero-order valence-corrected chi connectivity index (χ0v) is 35.5. The van der Waals surface area contributed by atoms with E-state index in [-0.39, 0.29) is 41.8 Å². The smallest absolute Gasteiger partial charge is 0.242 e. The van der Waals surface area contributed by atoms with Crippen molar-refractivity contribution < 1.29 is 29.0 Å². The number of rotatable bonds is 7. The highest BCUT2D eigenvalue weighted by molar-refractivity contribution is 7.22.